The van der Waals surface area contributed by atoms with Gasteiger partial charge in [0.2, 0.25) is 0 Å². The summed E-state index contributed by atoms with van der Waals surface area (Å²) < 4.78 is 5.19. The summed E-state index contributed by atoms with van der Waals surface area (Å²) >= 11 is 0. The molecule has 2 amide bonds. The van der Waals surface area contributed by atoms with E-state index in [9.17, 15) is 9.59 Å². The van der Waals surface area contributed by atoms with E-state index in [2.05, 4.69) is 5.32 Å². The normalized spacial score (nSPS) is 17.0. The zero-order chi connectivity index (χ0) is 11.1. The van der Waals surface area contributed by atoms with E-state index in [4.69, 9.17) is 10.5 Å². The molecule has 0 aliphatic carbocycles. The number of amides is 2. The third-order valence-corrected chi connectivity index (χ3v) is 2.13. The maximum absolute atomic E-state index is 11.6. The van der Waals surface area contributed by atoms with Crippen molar-refractivity contribution in [2.75, 3.05) is 39.4 Å². The SMILES string of the molecule is NCCNC(=O)C(=O)N1CCCOCC1. The number of nitrogens with two attached hydrogens (primary N) is 1. The highest BCUT2D eigenvalue weighted by atomic mass is 16.5. The molecule has 3 N–H and O–H groups in total. The number of nitrogens with one attached hydrogen (secondary N) is 1. The van der Waals surface area contributed by atoms with Crippen LogP contribution < -0.4 is 11.1 Å². The molecule has 0 aromatic heterocycles. The van der Waals surface area contributed by atoms with E-state index in [0.717, 1.165) is 6.42 Å². The molecule has 1 rings (SSSR count). The van der Waals surface area contributed by atoms with Gasteiger partial charge in [-0.25, -0.2) is 0 Å². The lowest BCUT2D eigenvalue weighted by Gasteiger charge is -2.18. The van der Waals surface area contributed by atoms with Crippen LogP contribution in [0, 0.1) is 0 Å². The van der Waals surface area contributed by atoms with Crippen molar-refractivity contribution in [3.63, 3.8) is 0 Å². The monoisotopic (exact) mass is 215 g/mol. The van der Waals surface area contributed by atoms with Gasteiger partial charge in [0, 0.05) is 32.8 Å². The first-order valence-corrected chi connectivity index (χ1v) is 5.10. The second-order valence-corrected chi connectivity index (χ2v) is 3.30. The number of nitrogens with zero attached hydrogens (tertiary/aromatic N) is 1. The van der Waals surface area contributed by atoms with Crippen molar-refractivity contribution in [3.05, 3.63) is 0 Å². The van der Waals surface area contributed by atoms with Crippen LogP contribution in [0.4, 0.5) is 0 Å². The first-order chi connectivity index (χ1) is 7.25. The molecule has 15 heavy (non-hydrogen) atoms. The second-order valence-electron chi connectivity index (χ2n) is 3.30. The summed E-state index contributed by atoms with van der Waals surface area (Å²) in [6.07, 6.45) is 0.774. The number of rotatable bonds is 2. The molecule has 1 aliphatic rings. The third kappa shape index (κ3) is 3.85. The number of ether oxygens (including phenoxy) is 1. The van der Waals surface area contributed by atoms with Gasteiger partial charge < -0.3 is 20.7 Å². The standard InChI is InChI=1S/C9H17N3O3/c10-2-3-11-8(13)9(14)12-4-1-6-15-7-5-12/h1-7,10H2,(H,11,13). The average Bonchev–Trinajstić information content (AvgIpc) is 2.53. The van der Waals surface area contributed by atoms with Gasteiger partial charge in [-0.3, -0.25) is 9.59 Å². The van der Waals surface area contributed by atoms with Crippen LogP contribution in [0.5, 0.6) is 0 Å². The first kappa shape index (κ1) is 11.9. The van der Waals surface area contributed by atoms with Gasteiger partial charge in [-0.15, -0.1) is 0 Å². The lowest BCUT2D eigenvalue weighted by atomic mass is 10.3. The van der Waals surface area contributed by atoms with E-state index >= 15 is 0 Å². The van der Waals surface area contributed by atoms with Gasteiger partial charge >= 0.3 is 11.8 Å². The van der Waals surface area contributed by atoms with Crippen molar-refractivity contribution in [1.82, 2.24) is 10.2 Å². The molecule has 1 fully saturated rings. The summed E-state index contributed by atoms with van der Waals surface area (Å²) in [6.45, 7) is 2.87. The van der Waals surface area contributed by atoms with E-state index in [1.54, 1.807) is 0 Å². The summed E-state index contributed by atoms with van der Waals surface area (Å²) in [5.41, 5.74) is 5.22. The topological polar surface area (TPSA) is 84.7 Å². The van der Waals surface area contributed by atoms with E-state index < -0.39 is 11.8 Å². The molecule has 0 saturated carbocycles. The van der Waals surface area contributed by atoms with Gasteiger partial charge in [-0.1, -0.05) is 0 Å². The summed E-state index contributed by atoms with van der Waals surface area (Å²) in [5.74, 6) is -1.07. The third-order valence-electron chi connectivity index (χ3n) is 2.13. The molecule has 0 unspecified atom stereocenters. The fourth-order valence-electron chi connectivity index (χ4n) is 1.35. The average molecular weight is 215 g/mol. The lowest BCUT2D eigenvalue weighted by molar-refractivity contribution is -0.145. The molecular weight excluding hydrogens is 198 g/mol. The highest BCUT2D eigenvalue weighted by Crippen LogP contribution is 1.99. The maximum atomic E-state index is 11.6. The second kappa shape index (κ2) is 6.36. The molecule has 1 aliphatic heterocycles. The summed E-state index contributed by atoms with van der Waals surface area (Å²) in [6, 6.07) is 0. The number of hydrogen-bond acceptors (Lipinski definition) is 4. The highest BCUT2D eigenvalue weighted by molar-refractivity contribution is 6.35. The van der Waals surface area contributed by atoms with Crippen molar-refractivity contribution in [2.45, 2.75) is 6.42 Å². The van der Waals surface area contributed by atoms with Crippen LogP contribution in [0.3, 0.4) is 0 Å². The summed E-state index contributed by atoms with van der Waals surface area (Å²) in [7, 11) is 0. The Morgan fingerprint density at radius 2 is 2.13 bits per heavy atom. The van der Waals surface area contributed by atoms with Crippen LogP contribution in [-0.4, -0.2) is 56.1 Å². The Kier molecular flexibility index (Phi) is 5.06. The van der Waals surface area contributed by atoms with Gasteiger partial charge in [0.25, 0.3) is 0 Å². The van der Waals surface area contributed by atoms with Crippen molar-refractivity contribution >= 4 is 11.8 Å². The van der Waals surface area contributed by atoms with Gasteiger partial charge in [0.15, 0.2) is 0 Å². The molecular formula is C9H17N3O3. The predicted molar refractivity (Wildman–Crippen MR) is 54.1 cm³/mol. The van der Waals surface area contributed by atoms with Gasteiger partial charge in [0.1, 0.15) is 0 Å². The van der Waals surface area contributed by atoms with Gasteiger partial charge in [0.05, 0.1) is 6.61 Å². The van der Waals surface area contributed by atoms with Crippen LogP contribution in [0.25, 0.3) is 0 Å². The molecule has 1 heterocycles. The van der Waals surface area contributed by atoms with Crippen LogP contribution in [-0.2, 0) is 14.3 Å². The largest absolute Gasteiger partial charge is 0.380 e. The predicted octanol–water partition coefficient (Wildman–Crippen LogP) is -1.69. The molecule has 0 atom stereocenters. The van der Waals surface area contributed by atoms with Crippen molar-refractivity contribution in [3.8, 4) is 0 Å². The molecule has 0 bridgehead atoms. The molecule has 6 heteroatoms. The Morgan fingerprint density at radius 1 is 1.33 bits per heavy atom. The van der Waals surface area contributed by atoms with E-state index in [-0.39, 0.29) is 0 Å². The molecule has 0 aromatic carbocycles. The van der Waals surface area contributed by atoms with Crippen molar-refractivity contribution < 1.29 is 14.3 Å². The van der Waals surface area contributed by atoms with Crippen LogP contribution in [0.1, 0.15) is 6.42 Å². The molecule has 0 aromatic rings. The Morgan fingerprint density at radius 3 is 2.87 bits per heavy atom. The highest BCUT2D eigenvalue weighted by Gasteiger charge is 2.21. The zero-order valence-corrected chi connectivity index (χ0v) is 8.70. The van der Waals surface area contributed by atoms with Crippen molar-refractivity contribution in [1.29, 1.82) is 0 Å². The number of carbonyl (C=O) groups excluding carboxylic acids is 2. The van der Waals surface area contributed by atoms with Crippen LogP contribution >= 0.6 is 0 Å². The number of hydrogen-bond donors (Lipinski definition) is 2. The molecule has 1 saturated heterocycles. The van der Waals surface area contributed by atoms with E-state index in [0.29, 0.717) is 39.4 Å². The Balaban J connectivity index is 2.39. The minimum absolute atomic E-state index is 0.328. The van der Waals surface area contributed by atoms with Gasteiger partial charge in [-0.05, 0) is 6.42 Å². The number of carbonyl (C=O) groups is 2. The molecule has 0 radical (unpaired) electrons. The summed E-state index contributed by atoms with van der Waals surface area (Å²) in [4.78, 5) is 24.4. The Labute approximate surface area is 88.7 Å². The van der Waals surface area contributed by atoms with Gasteiger partial charge in [-0.2, -0.15) is 0 Å². The van der Waals surface area contributed by atoms with Crippen LogP contribution in [0.2, 0.25) is 0 Å². The molecule has 0 spiro atoms. The quantitative estimate of drug-likeness (QED) is 0.538. The van der Waals surface area contributed by atoms with Crippen LogP contribution in [0.15, 0.2) is 0 Å². The fraction of sp³-hybridized carbons (Fsp3) is 0.778. The van der Waals surface area contributed by atoms with Crippen molar-refractivity contribution in [2.24, 2.45) is 5.73 Å². The first-order valence-electron chi connectivity index (χ1n) is 5.10. The zero-order valence-electron chi connectivity index (χ0n) is 8.70. The fourth-order valence-corrected chi connectivity index (χ4v) is 1.35. The summed E-state index contributed by atoms with van der Waals surface area (Å²) in [5, 5.41) is 2.45. The minimum Gasteiger partial charge on any atom is -0.380 e. The lowest BCUT2D eigenvalue weighted by Crippen LogP contribution is -2.45. The Bertz CT molecular complexity index is 225. The Hall–Kier alpha value is -1.14. The van der Waals surface area contributed by atoms with E-state index in [1.807, 2.05) is 0 Å². The minimum atomic E-state index is -0.581. The maximum Gasteiger partial charge on any atom is 0.311 e. The molecule has 6 nitrogen and oxygen atoms in total. The molecule has 86 valence electrons. The smallest absolute Gasteiger partial charge is 0.311 e. The van der Waals surface area contributed by atoms with E-state index in [1.165, 1.54) is 4.90 Å².